The van der Waals surface area contributed by atoms with Crippen molar-refractivity contribution in [1.29, 1.82) is 0 Å². The molecule has 1 fully saturated rings. The van der Waals surface area contributed by atoms with E-state index >= 15 is 0 Å². The summed E-state index contributed by atoms with van der Waals surface area (Å²) in [6, 6.07) is 9.19. The first-order valence-electron chi connectivity index (χ1n) is 14.6. The van der Waals surface area contributed by atoms with Crippen molar-refractivity contribution >= 4 is 30.1 Å². The summed E-state index contributed by atoms with van der Waals surface area (Å²) in [6.07, 6.45) is -4.71. The van der Waals surface area contributed by atoms with Gasteiger partial charge in [-0.15, -0.1) is 0 Å². The SMILES string of the molecule is CC(C)(C)C(=O)OCC1O[C@@H](/N=C/c2ccccc2)C(OC(=O)C(C)(C)C)C(OC(=O)C(C)(C)C)[C@H]1OC(=O)C(C)(C)C. The van der Waals surface area contributed by atoms with E-state index in [9.17, 15) is 19.2 Å². The van der Waals surface area contributed by atoms with Crippen molar-refractivity contribution in [2.75, 3.05) is 6.61 Å². The highest BCUT2D eigenvalue weighted by atomic mass is 16.7. The molecule has 2 rings (SSSR count). The molecule has 43 heavy (non-hydrogen) atoms. The first-order valence-corrected chi connectivity index (χ1v) is 14.6. The second kappa shape index (κ2) is 13.6. The summed E-state index contributed by atoms with van der Waals surface area (Å²) in [5, 5.41) is 0. The largest absolute Gasteiger partial charge is 0.462 e. The van der Waals surface area contributed by atoms with Crippen molar-refractivity contribution < 1.29 is 42.9 Å². The molecule has 1 aliphatic rings. The molecule has 0 aromatic heterocycles. The Labute approximate surface area is 255 Å². The minimum absolute atomic E-state index is 0.334. The van der Waals surface area contributed by atoms with Gasteiger partial charge in [-0.1, -0.05) is 30.3 Å². The Hall–Kier alpha value is -3.27. The lowest BCUT2D eigenvalue weighted by Gasteiger charge is -2.45. The molecule has 240 valence electrons. The topological polar surface area (TPSA) is 127 Å². The highest BCUT2D eigenvalue weighted by molar-refractivity contribution is 5.80. The molecule has 0 N–H and O–H groups in total. The van der Waals surface area contributed by atoms with Gasteiger partial charge in [0.1, 0.15) is 12.7 Å². The number of rotatable bonds is 7. The summed E-state index contributed by atoms with van der Waals surface area (Å²) in [7, 11) is 0. The maximum atomic E-state index is 13.3. The normalized spacial score (nSPS) is 23.4. The molecule has 0 spiro atoms. The molecule has 0 aliphatic carbocycles. The van der Waals surface area contributed by atoms with E-state index in [1.807, 2.05) is 30.3 Å². The monoisotopic (exact) mass is 603 g/mol. The van der Waals surface area contributed by atoms with E-state index in [1.165, 1.54) is 0 Å². The molecule has 1 aromatic rings. The molecule has 1 heterocycles. The van der Waals surface area contributed by atoms with Crippen LogP contribution in [0.25, 0.3) is 0 Å². The molecule has 1 saturated heterocycles. The van der Waals surface area contributed by atoms with Crippen molar-refractivity contribution in [3.05, 3.63) is 35.9 Å². The van der Waals surface area contributed by atoms with Crippen LogP contribution < -0.4 is 0 Å². The van der Waals surface area contributed by atoms with Gasteiger partial charge in [-0.2, -0.15) is 0 Å². The number of benzene rings is 1. The second-order valence-electron chi connectivity index (χ2n) is 15.0. The highest BCUT2D eigenvalue weighted by Crippen LogP contribution is 2.34. The minimum atomic E-state index is -1.34. The van der Waals surface area contributed by atoms with Crippen LogP contribution in [0.1, 0.15) is 88.6 Å². The number of hydrogen-bond donors (Lipinski definition) is 0. The Morgan fingerprint density at radius 3 is 1.51 bits per heavy atom. The molecule has 10 nitrogen and oxygen atoms in total. The van der Waals surface area contributed by atoms with Crippen LogP contribution in [0.4, 0.5) is 0 Å². The highest BCUT2D eigenvalue weighted by Gasteiger charge is 2.54. The van der Waals surface area contributed by atoms with Gasteiger partial charge in [-0.3, -0.25) is 24.2 Å². The number of nitrogens with zero attached hydrogens (tertiary/aromatic N) is 1. The van der Waals surface area contributed by atoms with Gasteiger partial charge >= 0.3 is 23.9 Å². The fraction of sp³-hybridized carbons (Fsp3) is 0.667. The lowest BCUT2D eigenvalue weighted by molar-refractivity contribution is -0.258. The predicted molar refractivity (Wildman–Crippen MR) is 161 cm³/mol. The number of ether oxygens (including phenoxy) is 5. The quantitative estimate of drug-likeness (QED) is 0.232. The first-order chi connectivity index (χ1) is 19.5. The van der Waals surface area contributed by atoms with Gasteiger partial charge < -0.3 is 23.7 Å². The summed E-state index contributed by atoms with van der Waals surface area (Å²) >= 11 is 0. The van der Waals surface area contributed by atoms with E-state index in [0.29, 0.717) is 0 Å². The van der Waals surface area contributed by atoms with Gasteiger partial charge in [0.2, 0.25) is 0 Å². The molecule has 1 aromatic carbocycles. The van der Waals surface area contributed by atoms with Crippen LogP contribution in [0.2, 0.25) is 0 Å². The Bertz CT molecular complexity index is 1160. The van der Waals surface area contributed by atoms with E-state index in [4.69, 9.17) is 23.7 Å². The van der Waals surface area contributed by atoms with Gasteiger partial charge in [0.15, 0.2) is 24.5 Å². The van der Waals surface area contributed by atoms with E-state index in [1.54, 1.807) is 89.3 Å². The smallest absolute Gasteiger partial charge is 0.311 e. The third-order valence-corrected chi connectivity index (χ3v) is 6.34. The number of esters is 4. The van der Waals surface area contributed by atoms with Gasteiger partial charge in [0, 0.05) is 6.21 Å². The molecule has 0 amide bonds. The molecular weight excluding hydrogens is 554 g/mol. The lowest BCUT2D eigenvalue weighted by atomic mass is 9.92. The standard InChI is InChI=1S/C33H49NO9/c1-30(2,3)26(35)39-19-21-22(41-27(36)31(4,5)6)23(42-28(37)32(7,8)9)24(43-29(38)33(10,11)12)25(40-21)34-18-20-16-14-13-15-17-20/h13-18,21-25H,19H2,1-12H3/b34-18+/t21?,22-,23?,24?,25+/m0/s1. The average molecular weight is 604 g/mol. The summed E-state index contributed by atoms with van der Waals surface area (Å²) in [5.74, 6) is -2.34. The van der Waals surface area contributed by atoms with Gasteiger partial charge in [-0.05, 0) is 88.6 Å². The zero-order valence-corrected chi connectivity index (χ0v) is 27.7. The average Bonchev–Trinajstić information content (AvgIpc) is 2.86. The summed E-state index contributed by atoms with van der Waals surface area (Å²) in [6.45, 7) is 19.9. The zero-order valence-electron chi connectivity index (χ0n) is 27.7. The van der Waals surface area contributed by atoms with Crippen molar-refractivity contribution in [2.24, 2.45) is 26.7 Å². The summed E-state index contributed by atoms with van der Waals surface area (Å²) in [5.41, 5.74) is -2.90. The Morgan fingerprint density at radius 1 is 0.651 bits per heavy atom. The van der Waals surface area contributed by atoms with E-state index in [0.717, 1.165) is 5.56 Å². The van der Waals surface area contributed by atoms with E-state index in [-0.39, 0.29) is 6.61 Å². The van der Waals surface area contributed by atoms with Crippen LogP contribution in [0, 0.1) is 21.7 Å². The fourth-order valence-electron chi connectivity index (χ4n) is 3.53. The van der Waals surface area contributed by atoms with Crippen molar-refractivity contribution in [1.82, 2.24) is 0 Å². The van der Waals surface area contributed by atoms with E-state index < -0.39 is 76.2 Å². The molecule has 0 bridgehead atoms. The van der Waals surface area contributed by atoms with Crippen LogP contribution >= 0.6 is 0 Å². The third-order valence-electron chi connectivity index (χ3n) is 6.34. The molecule has 3 unspecified atom stereocenters. The molecule has 0 saturated carbocycles. The van der Waals surface area contributed by atoms with Gasteiger partial charge in [-0.25, -0.2) is 0 Å². The fourth-order valence-corrected chi connectivity index (χ4v) is 3.53. The predicted octanol–water partition coefficient (Wildman–Crippen LogP) is 5.29. The maximum Gasteiger partial charge on any atom is 0.311 e. The van der Waals surface area contributed by atoms with Crippen molar-refractivity contribution in [3.8, 4) is 0 Å². The summed E-state index contributed by atoms with van der Waals surface area (Å²) < 4.78 is 29.8. The molecule has 5 atom stereocenters. The van der Waals surface area contributed by atoms with Crippen LogP contribution in [-0.4, -0.2) is 67.3 Å². The maximum absolute atomic E-state index is 13.3. The van der Waals surface area contributed by atoms with Crippen molar-refractivity contribution in [2.45, 2.75) is 114 Å². The molecule has 0 radical (unpaired) electrons. The summed E-state index contributed by atoms with van der Waals surface area (Å²) in [4.78, 5) is 57.1. The van der Waals surface area contributed by atoms with Crippen molar-refractivity contribution in [3.63, 3.8) is 0 Å². The number of hydrogen-bond acceptors (Lipinski definition) is 10. The van der Waals surface area contributed by atoms with Crippen LogP contribution in [0.3, 0.4) is 0 Å². The van der Waals surface area contributed by atoms with Crippen LogP contribution in [0.15, 0.2) is 35.3 Å². The van der Waals surface area contributed by atoms with Gasteiger partial charge in [0.25, 0.3) is 0 Å². The van der Waals surface area contributed by atoms with Crippen LogP contribution in [0.5, 0.6) is 0 Å². The Balaban J connectivity index is 2.70. The van der Waals surface area contributed by atoms with Gasteiger partial charge in [0.05, 0.1) is 21.7 Å². The molecule has 1 aliphatic heterocycles. The lowest BCUT2D eigenvalue weighted by Crippen LogP contribution is -2.63. The second-order valence-corrected chi connectivity index (χ2v) is 15.0. The first kappa shape index (κ1) is 35.9. The van der Waals surface area contributed by atoms with Crippen LogP contribution in [-0.2, 0) is 42.9 Å². The molecule has 10 heteroatoms. The Kier molecular flexibility index (Phi) is 11.3. The number of carbonyl (C=O) groups is 4. The minimum Gasteiger partial charge on any atom is -0.462 e. The number of carbonyl (C=O) groups excluding carboxylic acids is 4. The molecular formula is C33H49NO9. The third kappa shape index (κ3) is 10.4. The Morgan fingerprint density at radius 2 is 1.07 bits per heavy atom. The number of aliphatic imine (C=N–C) groups is 1. The zero-order chi connectivity index (χ0) is 33.0. The van der Waals surface area contributed by atoms with E-state index in [2.05, 4.69) is 4.99 Å².